The Bertz CT molecular complexity index is 395. The summed E-state index contributed by atoms with van der Waals surface area (Å²) < 4.78 is 0. The van der Waals surface area contributed by atoms with Crippen molar-refractivity contribution < 1.29 is 0 Å². The van der Waals surface area contributed by atoms with Crippen molar-refractivity contribution in [1.82, 2.24) is 5.43 Å². The fourth-order valence-electron chi connectivity index (χ4n) is 1.33. The number of rotatable bonds is 3. The van der Waals surface area contributed by atoms with Crippen molar-refractivity contribution in [2.24, 2.45) is 5.84 Å². The van der Waals surface area contributed by atoms with Crippen LogP contribution in [0.5, 0.6) is 0 Å². The van der Waals surface area contributed by atoms with Gasteiger partial charge in [-0.3, -0.25) is 11.3 Å². The van der Waals surface area contributed by atoms with E-state index in [9.17, 15) is 0 Å². The van der Waals surface area contributed by atoms with Crippen LogP contribution >= 0.6 is 11.3 Å². The summed E-state index contributed by atoms with van der Waals surface area (Å²) in [4.78, 5) is 2.54. The van der Waals surface area contributed by atoms with Crippen LogP contribution in [0.15, 0.2) is 42.5 Å². The highest BCUT2D eigenvalue weighted by Crippen LogP contribution is 2.27. The van der Waals surface area contributed by atoms with Crippen molar-refractivity contribution in [3.63, 3.8) is 0 Å². The fraction of sp³-hybridized carbons (Fsp3) is 0.0909. The molecule has 3 heteroatoms. The van der Waals surface area contributed by atoms with E-state index in [1.165, 1.54) is 15.3 Å². The van der Waals surface area contributed by atoms with Gasteiger partial charge in [0, 0.05) is 16.3 Å². The number of hydrogen-bond acceptors (Lipinski definition) is 3. The lowest BCUT2D eigenvalue weighted by molar-refractivity contribution is 0.751. The zero-order chi connectivity index (χ0) is 9.80. The predicted molar refractivity (Wildman–Crippen MR) is 60.8 cm³/mol. The Kier molecular flexibility index (Phi) is 2.93. The molecule has 0 fully saturated rings. The minimum absolute atomic E-state index is 0.734. The standard InChI is InChI=1S/C11H12N2S/c12-13-8-10-6-7-11(14-10)9-4-2-1-3-5-9/h1-7,13H,8,12H2. The second-order valence-electron chi connectivity index (χ2n) is 3.01. The molecule has 0 spiro atoms. The smallest absolute Gasteiger partial charge is 0.0442 e. The van der Waals surface area contributed by atoms with E-state index in [1.807, 2.05) is 6.07 Å². The van der Waals surface area contributed by atoms with Crippen molar-refractivity contribution in [3.8, 4) is 10.4 Å². The summed E-state index contributed by atoms with van der Waals surface area (Å²) in [5.74, 6) is 5.27. The lowest BCUT2D eigenvalue weighted by Crippen LogP contribution is -2.19. The highest BCUT2D eigenvalue weighted by atomic mass is 32.1. The molecule has 2 rings (SSSR count). The monoisotopic (exact) mass is 204 g/mol. The first-order chi connectivity index (χ1) is 6.90. The Morgan fingerprint density at radius 3 is 2.57 bits per heavy atom. The quantitative estimate of drug-likeness (QED) is 0.595. The van der Waals surface area contributed by atoms with E-state index in [0.717, 1.165) is 6.54 Å². The van der Waals surface area contributed by atoms with Crippen molar-refractivity contribution in [2.75, 3.05) is 0 Å². The van der Waals surface area contributed by atoms with Gasteiger partial charge in [-0.15, -0.1) is 11.3 Å². The van der Waals surface area contributed by atoms with Gasteiger partial charge in [0.05, 0.1) is 0 Å². The third-order valence-corrected chi connectivity index (χ3v) is 3.13. The van der Waals surface area contributed by atoms with Gasteiger partial charge in [-0.25, -0.2) is 0 Å². The van der Waals surface area contributed by atoms with Gasteiger partial charge in [-0.1, -0.05) is 30.3 Å². The number of benzene rings is 1. The number of nitrogens with one attached hydrogen (secondary N) is 1. The first-order valence-corrected chi connectivity index (χ1v) is 5.29. The topological polar surface area (TPSA) is 38.0 Å². The summed E-state index contributed by atoms with van der Waals surface area (Å²) >= 11 is 1.77. The molecular formula is C11H12N2S. The summed E-state index contributed by atoms with van der Waals surface area (Å²) in [6.07, 6.45) is 0. The first kappa shape index (κ1) is 9.40. The minimum atomic E-state index is 0.734. The van der Waals surface area contributed by atoms with Crippen molar-refractivity contribution in [3.05, 3.63) is 47.3 Å². The lowest BCUT2D eigenvalue weighted by atomic mass is 10.2. The molecule has 0 amide bonds. The van der Waals surface area contributed by atoms with Crippen LogP contribution in [0.4, 0.5) is 0 Å². The Balaban J connectivity index is 2.25. The van der Waals surface area contributed by atoms with Crippen LogP contribution in [0.2, 0.25) is 0 Å². The molecule has 0 saturated heterocycles. The highest BCUT2D eigenvalue weighted by molar-refractivity contribution is 7.15. The summed E-state index contributed by atoms with van der Waals surface area (Å²) in [7, 11) is 0. The van der Waals surface area contributed by atoms with Gasteiger partial charge >= 0.3 is 0 Å². The van der Waals surface area contributed by atoms with E-state index < -0.39 is 0 Å². The van der Waals surface area contributed by atoms with E-state index in [-0.39, 0.29) is 0 Å². The van der Waals surface area contributed by atoms with Crippen LogP contribution in [0.1, 0.15) is 4.88 Å². The molecule has 0 radical (unpaired) electrons. The number of thiophene rings is 1. The molecule has 1 aromatic carbocycles. The van der Waals surface area contributed by atoms with Gasteiger partial charge in [-0.05, 0) is 17.7 Å². The zero-order valence-electron chi connectivity index (χ0n) is 7.73. The van der Waals surface area contributed by atoms with Crippen LogP contribution < -0.4 is 11.3 Å². The van der Waals surface area contributed by atoms with Crippen LogP contribution in [0.25, 0.3) is 10.4 Å². The predicted octanol–water partition coefficient (Wildman–Crippen LogP) is 2.38. The van der Waals surface area contributed by atoms with Gasteiger partial charge in [0.15, 0.2) is 0 Å². The summed E-state index contributed by atoms with van der Waals surface area (Å²) in [5, 5.41) is 0. The van der Waals surface area contributed by atoms with Crippen LogP contribution in [-0.2, 0) is 6.54 Å². The lowest BCUT2D eigenvalue weighted by Gasteiger charge is -1.95. The molecule has 72 valence electrons. The molecule has 2 nitrogen and oxygen atoms in total. The SMILES string of the molecule is NNCc1ccc(-c2ccccc2)s1. The molecule has 3 N–H and O–H groups in total. The summed E-state index contributed by atoms with van der Waals surface area (Å²) in [6.45, 7) is 0.734. The molecule has 0 saturated carbocycles. The van der Waals surface area contributed by atoms with E-state index in [1.54, 1.807) is 11.3 Å². The molecule has 0 aliphatic carbocycles. The van der Waals surface area contributed by atoms with Gasteiger partial charge in [0.2, 0.25) is 0 Å². The summed E-state index contributed by atoms with van der Waals surface area (Å²) in [5.41, 5.74) is 3.92. The molecule has 0 unspecified atom stereocenters. The number of nitrogens with two attached hydrogens (primary N) is 1. The average molecular weight is 204 g/mol. The van der Waals surface area contributed by atoms with E-state index in [2.05, 4.69) is 41.8 Å². The minimum Gasteiger partial charge on any atom is -0.271 e. The second kappa shape index (κ2) is 4.37. The third-order valence-electron chi connectivity index (χ3n) is 2.00. The molecule has 2 aromatic rings. The normalized spacial score (nSPS) is 10.4. The largest absolute Gasteiger partial charge is 0.271 e. The fourth-order valence-corrected chi connectivity index (χ4v) is 2.30. The Labute approximate surface area is 87.4 Å². The molecule has 0 aliphatic heterocycles. The molecule has 0 aliphatic rings. The zero-order valence-corrected chi connectivity index (χ0v) is 8.55. The molecule has 1 aromatic heterocycles. The van der Waals surface area contributed by atoms with E-state index >= 15 is 0 Å². The Hall–Kier alpha value is -1.16. The maximum atomic E-state index is 5.27. The maximum absolute atomic E-state index is 5.27. The van der Waals surface area contributed by atoms with Crippen LogP contribution in [-0.4, -0.2) is 0 Å². The first-order valence-electron chi connectivity index (χ1n) is 4.48. The van der Waals surface area contributed by atoms with Crippen LogP contribution in [0.3, 0.4) is 0 Å². The van der Waals surface area contributed by atoms with Gasteiger partial charge in [0.25, 0.3) is 0 Å². The third kappa shape index (κ3) is 2.01. The van der Waals surface area contributed by atoms with Crippen molar-refractivity contribution in [2.45, 2.75) is 6.54 Å². The second-order valence-corrected chi connectivity index (χ2v) is 4.18. The maximum Gasteiger partial charge on any atom is 0.0442 e. The molecular weight excluding hydrogens is 192 g/mol. The number of hydrogen-bond donors (Lipinski definition) is 2. The van der Waals surface area contributed by atoms with Crippen molar-refractivity contribution in [1.29, 1.82) is 0 Å². The Morgan fingerprint density at radius 1 is 1.07 bits per heavy atom. The molecule has 1 heterocycles. The Morgan fingerprint density at radius 2 is 1.86 bits per heavy atom. The number of hydrazine groups is 1. The summed E-state index contributed by atoms with van der Waals surface area (Å²) in [6, 6.07) is 14.6. The van der Waals surface area contributed by atoms with E-state index in [0.29, 0.717) is 0 Å². The van der Waals surface area contributed by atoms with Gasteiger partial charge in [-0.2, -0.15) is 0 Å². The highest BCUT2D eigenvalue weighted by Gasteiger charge is 2.00. The molecule has 0 bridgehead atoms. The average Bonchev–Trinajstić information content (AvgIpc) is 2.68. The molecule has 0 atom stereocenters. The van der Waals surface area contributed by atoms with Crippen LogP contribution in [0, 0.1) is 0 Å². The van der Waals surface area contributed by atoms with Gasteiger partial charge in [0.1, 0.15) is 0 Å². The molecule has 14 heavy (non-hydrogen) atoms. The van der Waals surface area contributed by atoms with E-state index in [4.69, 9.17) is 5.84 Å². The van der Waals surface area contributed by atoms with Crippen molar-refractivity contribution >= 4 is 11.3 Å². The van der Waals surface area contributed by atoms with Gasteiger partial charge < -0.3 is 0 Å².